The van der Waals surface area contributed by atoms with Crippen LogP contribution in [0.5, 0.6) is 11.5 Å². The van der Waals surface area contributed by atoms with Gasteiger partial charge in [-0.25, -0.2) is 9.18 Å². The Morgan fingerprint density at radius 3 is 2.40 bits per heavy atom. The second-order valence-electron chi connectivity index (χ2n) is 8.61. The van der Waals surface area contributed by atoms with Crippen LogP contribution in [-0.4, -0.2) is 28.9 Å². The molecule has 0 atom stereocenters. The lowest BCUT2D eigenvalue weighted by atomic mass is 10.1. The number of halogens is 1. The maximum Gasteiger partial charge on any atom is 0.352 e. The summed E-state index contributed by atoms with van der Waals surface area (Å²) in [6.07, 6.45) is 0.105. The van der Waals surface area contributed by atoms with Gasteiger partial charge in [-0.05, 0) is 49.7 Å². The first kappa shape index (κ1) is 24.3. The minimum atomic E-state index is -1.07. The van der Waals surface area contributed by atoms with Crippen LogP contribution in [0.25, 0.3) is 10.9 Å². The van der Waals surface area contributed by atoms with Gasteiger partial charge in [-0.15, -0.1) is 0 Å². The summed E-state index contributed by atoms with van der Waals surface area (Å²) in [4.78, 5) is 12.4. The van der Waals surface area contributed by atoms with Gasteiger partial charge in [0.15, 0.2) is 0 Å². The van der Waals surface area contributed by atoms with Crippen molar-refractivity contribution in [3.63, 3.8) is 0 Å². The molecule has 0 aliphatic heterocycles. The van der Waals surface area contributed by atoms with Crippen LogP contribution < -0.4 is 14.8 Å². The van der Waals surface area contributed by atoms with E-state index in [1.807, 2.05) is 44.2 Å². The standard InChI is InChI=1S/C28H29FN2O4/c1-18(2)35-21-10-8-19(9-11-21)15-30-16-24-23-13-12-22(34-3)14-26(23)31(27(24)28(32)33)17-20-6-4-5-7-25(20)29/h4-14,18,30H,15-17H2,1-3H3,(H,32,33). The molecule has 3 aromatic carbocycles. The number of carboxylic acids is 1. The molecule has 0 radical (unpaired) electrons. The number of methoxy groups -OCH3 is 1. The third-order valence-corrected chi connectivity index (χ3v) is 5.79. The van der Waals surface area contributed by atoms with Crippen molar-refractivity contribution in [2.45, 2.75) is 39.6 Å². The van der Waals surface area contributed by atoms with E-state index in [1.165, 1.54) is 6.07 Å². The number of fused-ring (bicyclic) bond motifs is 1. The maximum atomic E-state index is 14.4. The smallest absolute Gasteiger partial charge is 0.352 e. The predicted octanol–water partition coefficient (Wildman–Crippen LogP) is 5.61. The van der Waals surface area contributed by atoms with Crippen molar-refractivity contribution in [2.75, 3.05) is 7.11 Å². The van der Waals surface area contributed by atoms with Gasteiger partial charge in [0.1, 0.15) is 23.0 Å². The highest BCUT2D eigenvalue weighted by Crippen LogP contribution is 2.31. The molecule has 35 heavy (non-hydrogen) atoms. The van der Waals surface area contributed by atoms with Gasteiger partial charge < -0.3 is 24.5 Å². The lowest BCUT2D eigenvalue weighted by molar-refractivity contribution is 0.0684. The molecule has 0 aliphatic carbocycles. The quantitative estimate of drug-likeness (QED) is 0.311. The summed E-state index contributed by atoms with van der Waals surface area (Å²) in [7, 11) is 1.56. The first-order valence-electron chi connectivity index (χ1n) is 11.5. The monoisotopic (exact) mass is 476 g/mol. The minimum absolute atomic E-state index is 0.0925. The van der Waals surface area contributed by atoms with E-state index in [0.29, 0.717) is 35.5 Å². The molecule has 0 fully saturated rings. The highest BCUT2D eigenvalue weighted by molar-refractivity contribution is 5.98. The van der Waals surface area contributed by atoms with E-state index in [4.69, 9.17) is 9.47 Å². The number of hydrogen-bond acceptors (Lipinski definition) is 4. The fraction of sp³-hybridized carbons (Fsp3) is 0.250. The molecule has 6 nitrogen and oxygen atoms in total. The van der Waals surface area contributed by atoms with Crippen molar-refractivity contribution < 1.29 is 23.8 Å². The third kappa shape index (κ3) is 5.46. The van der Waals surface area contributed by atoms with Crippen molar-refractivity contribution in [3.8, 4) is 11.5 Å². The van der Waals surface area contributed by atoms with Gasteiger partial charge >= 0.3 is 5.97 Å². The first-order chi connectivity index (χ1) is 16.9. The molecule has 0 spiro atoms. The van der Waals surface area contributed by atoms with Crippen LogP contribution in [0.15, 0.2) is 66.7 Å². The summed E-state index contributed by atoms with van der Waals surface area (Å²) in [5, 5.41) is 14.3. The Kier molecular flexibility index (Phi) is 7.36. The SMILES string of the molecule is COc1ccc2c(CNCc3ccc(OC(C)C)cc3)c(C(=O)O)n(Cc3ccccc3F)c2c1. The van der Waals surface area contributed by atoms with E-state index in [2.05, 4.69) is 5.32 Å². The lowest BCUT2D eigenvalue weighted by Gasteiger charge is -2.11. The average Bonchev–Trinajstić information content (AvgIpc) is 3.14. The highest BCUT2D eigenvalue weighted by Gasteiger charge is 2.23. The number of nitrogens with zero attached hydrogens (tertiary/aromatic N) is 1. The van der Waals surface area contributed by atoms with Crippen molar-refractivity contribution in [3.05, 3.63) is 94.9 Å². The summed E-state index contributed by atoms with van der Waals surface area (Å²) in [5.74, 6) is -0.0336. The number of aromatic nitrogens is 1. The average molecular weight is 477 g/mol. The summed E-state index contributed by atoms with van der Waals surface area (Å²) in [6, 6.07) is 19.7. The van der Waals surface area contributed by atoms with E-state index >= 15 is 0 Å². The molecule has 0 unspecified atom stereocenters. The van der Waals surface area contributed by atoms with Gasteiger partial charge in [0.05, 0.1) is 25.3 Å². The van der Waals surface area contributed by atoms with Crippen molar-refractivity contribution in [1.29, 1.82) is 0 Å². The Hall–Kier alpha value is -3.84. The van der Waals surface area contributed by atoms with E-state index < -0.39 is 5.97 Å². The third-order valence-electron chi connectivity index (χ3n) is 5.79. The van der Waals surface area contributed by atoms with Crippen LogP contribution >= 0.6 is 0 Å². The van der Waals surface area contributed by atoms with Gasteiger partial charge in [0.2, 0.25) is 0 Å². The zero-order chi connectivity index (χ0) is 24.9. The Bertz CT molecular complexity index is 1330. The number of benzene rings is 3. The Morgan fingerprint density at radius 2 is 1.74 bits per heavy atom. The molecule has 1 aromatic heterocycles. The molecule has 7 heteroatoms. The molecule has 0 aliphatic rings. The summed E-state index contributed by atoms with van der Waals surface area (Å²) < 4.78 is 27.1. The zero-order valence-electron chi connectivity index (χ0n) is 20.0. The fourth-order valence-corrected chi connectivity index (χ4v) is 4.20. The van der Waals surface area contributed by atoms with Crippen molar-refractivity contribution in [2.24, 2.45) is 0 Å². The van der Waals surface area contributed by atoms with Gasteiger partial charge in [0, 0.05) is 35.7 Å². The molecule has 0 saturated carbocycles. The van der Waals surface area contributed by atoms with Crippen molar-refractivity contribution in [1.82, 2.24) is 9.88 Å². The van der Waals surface area contributed by atoms with Crippen LogP contribution in [0.3, 0.4) is 0 Å². The molecule has 2 N–H and O–H groups in total. The molecular formula is C28H29FN2O4. The first-order valence-corrected chi connectivity index (χ1v) is 11.5. The van der Waals surface area contributed by atoms with Crippen molar-refractivity contribution >= 4 is 16.9 Å². The van der Waals surface area contributed by atoms with E-state index in [9.17, 15) is 14.3 Å². The van der Waals surface area contributed by atoms with Gasteiger partial charge in [-0.1, -0.05) is 30.3 Å². The Balaban J connectivity index is 1.65. The number of carbonyl (C=O) groups is 1. The number of carboxylic acid groups (broad SMARTS) is 1. The van der Waals surface area contributed by atoms with Gasteiger partial charge in [0.25, 0.3) is 0 Å². The molecule has 0 amide bonds. The fourth-order valence-electron chi connectivity index (χ4n) is 4.20. The highest BCUT2D eigenvalue weighted by atomic mass is 19.1. The number of ether oxygens (including phenoxy) is 2. The summed E-state index contributed by atoms with van der Waals surface area (Å²) in [5.41, 5.74) is 2.92. The molecular weight excluding hydrogens is 447 g/mol. The number of nitrogens with one attached hydrogen (secondary N) is 1. The molecule has 4 rings (SSSR count). The van der Waals surface area contributed by atoms with Crippen LogP contribution in [-0.2, 0) is 19.6 Å². The number of rotatable bonds is 10. The van der Waals surface area contributed by atoms with Gasteiger partial charge in [-0.3, -0.25) is 0 Å². The molecule has 4 aromatic rings. The predicted molar refractivity (Wildman–Crippen MR) is 134 cm³/mol. The second kappa shape index (κ2) is 10.6. The largest absolute Gasteiger partial charge is 0.497 e. The maximum absolute atomic E-state index is 14.4. The number of aromatic carboxylic acids is 1. The van der Waals surface area contributed by atoms with Crippen LogP contribution in [0, 0.1) is 5.82 Å². The molecule has 0 saturated heterocycles. The van der Waals surface area contributed by atoms with E-state index in [0.717, 1.165) is 16.7 Å². The lowest BCUT2D eigenvalue weighted by Crippen LogP contribution is -2.17. The van der Waals surface area contributed by atoms with Crippen LogP contribution in [0.2, 0.25) is 0 Å². The summed E-state index contributed by atoms with van der Waals surface area (Å²) in [6.45, 7) is 4.94. The molecule has 1 heterocycles. The van der Waals surface area contributed by atoms with Crippen LogP contribution in [0.1, 0.15) is 41.0 Å². The molecule has 182 valence electrons. The normalized spacial score (nSPS) is 11.2. The van der Waals surface area contributed by atoms with Gasteiger partial charge in [-0.2, -0.15) is 0 Å². The Morgan fingerprint density at radius 1 is 1.03 bits per heavy atom. The minimum Gasteiger partial charge on any atom is -0.497 e. The van der Waals surface area contributed by atoms with E-state index in [1.54, 1.807) is 42.0 Å². The summed E-state index contributed by atoms with van der Waals surface area (Å²) >= 11 is 0. The zero-order valence-corrected chi connectivity index (χ0v) is 20.0. The number of hydrogen-bond donors (Lipinski definition) is 2. The van der Waals surface area contributed by atoms with Crippen LogP contribution in [0.4, 0.5) is 4.39 Å². The second-order valence-corrected chi connectivity index (χ2v) is 8.61. The Labute approximate surface area is 203 Å². The molecule has 0 bridgehead atoms. The topological polar surface area (TPSA) is 72.7 Å². The van der Waals surface area contributed by atoms with E-state index in [-0.39, 0.29) is 24.2 Å².